The number of nitrogens with one attached hydrogen (secondary N) is 2. The zero-order chi connectivity index (χ0) is 18.4. The van der Waals surface area contributed by atoms with Crippen LogP contribution in [0.1, 0.15) is 15.9 Å². The molecule has 2 N–H and O–H groups in total. The first-order chi connectivity index (χ1) is 12.6. The number of carbonyl (C=O) groups is 2. The molecule has 3 rings (SSSR count). The fourth-order valence-electron chi connectivity index (χ4n) is 2.45. The average molecular weight is 410 g/mol. The van der Waals surface area contributed by atoms with Gasteiger partial charge in [0.25, 0.3) is 11.8 Å². The smallest absolute Gasteiger partial charge is 0.259 e. The first-order valence-corrected chi connectivity index (χ1v) is 8.76. The lowest BCUT2D eigenvalue weighted by molar-refractivity contribution is -0.120. The third-order valence-electron chi connectivity index (χ3n) is 3.72. The van der Waals surface area contributed by atoms with Crippen LogP contribution in [0.4, 0.5) is 0 Å². The first-order valence-electron chi connectivity index (χ1n) is 7.97. The monoisotopic (exact) mass is 409 g/mol. The summed E-state index contributed by atoms with van der Waals surface area (Å²) in [5, 5.41) is 8.32. The highest BCUT2D eigenvalue weighted by molar-refractivity contribution is 9.10. The summed E-state index contributed by atoms with van der Waals surface area (Å²) in [5.74, 6) is -0.694. The number of hydrazone groups is 1. The summed E-state index contributed by atoms with van der Waals surface area (Å²) in [5.41, 5.74) is 3.79. The molecule has 0 atom stereocenters. The average Bonchev–Trinajstić information content (AvgIpc) is 2.67. The summed E-state index contributed by atoms with van der Waals surface area (Å²) in [6.45, 7) is -0.153. The maximum absolute atomic E-state index is 12.4. The minimum Gasteiger partial charge on any atom is -0.343 e. The molecule has 0 unspecified atom stereocenters. The summed E-state index contributed by atoms with van der Waals surface area (Å²) >= 11 is 3.35. The van der Waals surface area contributed by atoms with E-state index in [0.29, 0.717) is 5.56 Å². The Hall–Kier alpha value is -2.99. The van der Waals surface area contributed by atoms with Crippen molar-refractivity contribution in [1.82, 2.24) is 10.7 Å². The minimum atomic E-state index is -0.396. The van der Waals surface area contributed by atoms with Crippen molar-refractivity contribution in [2.75, 3.05) is 6.54 Å². The second kappa shape index (κ2) is 8.40. The lowest BCUT2D eigenvalue weighted by Gasteiger charge is -2.07. The quantitative estimate of drug-likeness (QED) is 0.500. The number of amides is 2. The van der Waals surface area contributed by atoms with Gasteiger partial charge in [-0.05, 0) is 34.5 Å². The fraction of sp³-hybridized carbons (Fsp3) is 0.0500. The van der Waals surface area contributed by atoms with Gasteiger partial charge in [0.15, 0.2) is 0 Å². The summed E-state index contributed by atoms with van der Waals surface area (Å²) in [6.07, 6.45) is 1.54. The Morgan fingerprint density at radius 3 is 2.50 bits per heavy atom. The number of carbonyl (C=O) groups excluding carboxylic acids is 2. The molecule has 0 fully saturated rings. The Labute approximate surface area is 159 Å². The highest BCUT2D eigenvalue weighted by atomic mass is 79.9. The summed E-state index contributed by atoms with van der Waals surface area (Å²) in [7, 11) is 0. The van der Waals surface area contributed by atoms with Gasteiger partial charge in [-0.15, -0.1) is 0 Å². The third kappa shape index (κ3) is 4.55. The molecule has 0 aliphatic carbocycles. The molecular weight excluding hydrogens is 394 g/mol. The van der Waals surface area contributed by atoms with Crippen molar-refractivity contribution in [2.24, 2.45) is 5.10 Å². The number of hydrogen-bond donors (Lipinski definition) is 2. The topological polar surface area (TPSA) is 70.6 Å². The van der Waals surface area contributed by atoms with Gasteiger partial charge >= 0.3 is 0 Å². The van der Waals surface area contributed by atoms with E-state index in [1.54, 1.807) is 6.07 Å². The van der Waals surface area contributed by atoms with Crippen molar-refractivity contribution in [3.63, 3.8) is 0 Å². The number of nitrogens with zero attached hydrogens (tertiary/aromatic N) is 1. The highest BCUT2D eigenvalue weighted by Crippen LogP contribution is 2.18. The normalized spacial score (nSPS) is 10.8. The van der Waals surface area contributed by atoms with E-state index < -0.39 is 5.91 Å². The van der Waals surface area contributed by atoms with Gasteiger partial charge in [-0.3, -0.25) is 9.59 Å². The van der Waals surface area contributed by atoms with Gasteiger partial charge in [-0.25, -0.2) is 5.43 Å². The number of hydrogen-bond acceptors (Lipinski definition) is 3. The second-order valence-corrected chi connectivity index (χ2v) is 6.47. The summed E-state index contributed by atoms with van der Waals surface area (Å²) in [4.78, 5) is 24.2. The van der Waals surface area contributed by atoms with Crippen LogP contribution in [0.5, 0.6) is 0 Å². The van der Waals surface area contributed by atoms with Crippen LogP contribution in [0.3, 0.4) is 0 Å². The van der Waals surface area contributed by atoms with Gasteiger partial charge in [0, 0.05) is 10.0 Å². The molecule has 0 saturated carbocycles. The van der Waals surface area contributed by atoms with Crippen molar-refractivity contribution in [2.45, 2.75) is 0 Å². The Kier molecular flexibility index (Phi) is 5.76. The Bertz CT molecular complexity index is 963. The second-order valence-electron chi connectivity index (χ2n) is 5.55. The van der Waals surface area contributed by atoms with Crippen LogP contribution in [0.15, 0.2) is 76.3 Å². The van der Waals surface area contributed by atoms with Crippen LogP contribution in [0.2, 0.25) is 0 Å². The molecule has 5 nitrogen and oxygen atoms in total. The zero-order valence-corrected chi connectivity index (χ0v) is 15.4. The number of fused-ring (bicyclic) bond motifs is 1. The van der Waals surface area contributed by atoms with E-state index in [0.717, 1.165) is 20.8 Å². The lowest BCUT2D eigenvalue weighted by Crippen LogP contribution is -2.35. The standard InChI is InChI=1S/C20H16BrN3O2/c21-16-10-8-14(9-11-16)12-23-24-19(25)13-22-20(26)18-7-3-5-15-4-1-2-6-17(15)18/h1-12H,13H2,(H,22,26)(H,24,25)/b23-12-. The molecule has 0 aliphatic heterocycles. The van der Waals surface area contributed by atoms with E-state index in [2.05, 4.69) is 31.8 Å². The van der Waals surface area contributed by atoms with E-state index in [9.17, 15) is 9.59 Å². The number of rotatable bonds is 5. The molecule has 0 aliphatic rings. The van der Waals surface area contributed by atoms with Crippen molar-refractivity contribution in [1.29, 1.82) is 0 Å². The zero-order valence-electron chi connectivity index (χ0n) is 13.8. The van der Waals surface area contributed by atoms with Gasteiger partial charge in [-0.2, -0.15) is 5.10 Å². The van der Waals surface area contributed by atoms with E-state index in [-0.39, 0.29) is 12.5 Å². The predicted octanol–water partition coefficient (Wildman–Crippen LogP) is 3.48. The van der Waals surface area contributed by atoms with E-state index in [4.69, 9.17) is 0 Å². The van der Waals surface area contributed by atoms with Crippen molar-refractivity contribution >= 4 is 44.7 Å². The maximum Gasteiger partial charge on any atom is 0.259 e. The minimum absolute atomic E-state index is 0.153. The molecule has 130 valence electrons. The van der Waals surface area contributed by atoms with Crippen molar-refractivity contribution in [3.8, 4) is 0 Å². The summed E-state index contributed by atoms with van der Waals surface area (Å²) in [6, 6.07) is 20.6. The Balaban J connectivity index is 1.55. The largest absolute Gasteiger partial charge is 0.343 e. The van der Waals surface area contributed by atoms with E-state index in [1.165, 1.54) is 6.21 Å². The highest BCUT2D eigenvalue weighted by Gasteiger charge is 2.10. The molecule has 3 aromatic rings. The van der Waals surface area contributed by atoms with E-state index in [1.807, 2.05) is 60.7 Å². The number of halogens is 1. The predicted molar refractivity (Wildman–Crippen MR) is 106 cm³/mol. The molecule has 26 heavy (non-hydrogen) atoms. The van der Waals surface area contributed by atoms with Gasteiger partial charge < -0.3 is 5.32 Å². The molecule has 0 saturated heterocycles. The van der Waals surface area contributed by atoms with Gasteiger partial charge in [0.1, 0.15) is 0 Å². The van der Waals surface area contributed by atoms with Crippen LogP contribution in [-0.4, -0.2) is 24.6 Å². The molecule has 0 radical (unpaired) electrons. The van der Waals surface area contributed by atoms with Crippen LogP contribution in [0.25, 0.3) is 10.8 Å². The Morgan fingerprint density at radius 1 is 0.962 bits per heavy atom. The Morgan fingerprint density at radius 2 is 1.69 bits per heavy atom. The molecular formula is C20H16BrN3O2. The van der Waals surface area contributed by atoms with Gasteiger partial charge in [0.05, 0.1) is 12.8 Å². The fourth-order valence-corrected chi connectivity index (χ4v) is 2.71. The summed E-state index contributed by atoms with van der Waals surface area (Å²) < 4.78 is 0.967. The van der Waals surface area contributed by atoms with Crippen LogP contribution < -0.4 is 10.7 Å². The van der Waals surface area contributed by atoms with Gasteiger partial charge in [0.2, 0.25) is 0 Å². The van der Waals surface area contributed by atoms with E-state index >= 15 is 0 Å². The maximum atomic E-state index is 12.4. The van der Waals surface area contributed by atoms with Crippen molar-refractivity contribution < 1.29 is 9.59 Å². The van der Waals surface area contributed by atoms with Crippen molar-refractivity contribution in [3.05, 3.63) is 82.3 Å². The SMILES string of the molecule is O=C(CNC(=O)c1cccc2ccccc12)N/N=C\c1ccc(Br)cc1. The first kappa shape index (κ1) is 17.8. The molecule has 0 bridgehead atoms. The van der Waals surface area contributed by atoms with Gasteiger partial charge in [-0.1, -0.05) is 64.5 Å². The molecule has 0 spiro atoms. The molecule has 2 amide bonds. The van der Waals surface area contributed by atoms with Crippen LogP contribution in [0, 0.1) is 0 Å². The third-order valence-corrected chi connectivity index (χ3v) is 4.25. The number of benzene rings is 3. The van der Waals surface area contributed by atoms with Crippen LogP contribution >= 0.6 is 15.9 Å². The van der Waals surface area contributed by atoms with Crippen LogP contribution in [-0.2, 0) is 4.79 Å². The molecule has 0 heterocycles. The molecule has 0 aromatic heterocycles. The molecule has 6 heteroatoms. The lowest BCUT2D eigenvalue weighted by atomic mass is 10.0. The molecule has 3 aromatic carbocycles.